The van der Waals surface area contributed by atoms with Crippen LogP contribution in [-0.2, 0) is 6.54 Å². The number of halogens is 1. The highest BCUT2D eigenvalue weighted by atomic mass is 35.5. The number of rotatable bonds is 4. The van der Waals surface area contributed by atoms with Crippen molar-refractivity contribution in [1.82, 2.24) is 10.3 Å². The number of aromatic nitrogens is 1. The molecule has 0 atom stereocenters. The van der Waals surface area contributed by atoms with Gasteiger partial charge in [-0.3, -0.25) is 4.79 Å². The van der Waals surface area contributed by atoms with Crippen molar-refractivity contribution in [2.45, 2.75) is 13.5 Å². The third-order valence-corrected chi connectivity index (χ3v) is 4.57. The van der Waals surface area contributed by atoms with E-state index in [4.69, 9.17) is 16.0 Å². The van der Waals surface area contributed by atoms with Gasteiger partial charge in [0.25, 0.3) is 5.91 Å². The topological polar surface area (TPSA) is 55.1 Å². The van der Waals surface area contributed by atoms with Gasteiger partial charge in [-0.15, -0.1) is 0 Å². The van der Waals surface area contributed by atoms with Gasteiger partial charge in [0.1, 0.15) is 11.5 Å². The van der Waals surface area contributed by atoms with E-state index in [0.717, 1.165) is 22.2 Å². The van der Waals surface area contributed by atoms with E-state index in [1.54, 1.807) is 6.07 Å². The number of nitrogens with one attached hydrogen (secondary N) is 1. The number of para-hydroxylation sites is 1. The number of benzene rings is 2. The van der Waals surface area contributed by atoms with Gasteiger partial charge in [-0.1, -0.05) is 41.9 Å². The molecule has 2 aromatic carbocycles. The summed E-state index contributed by atoms with van der Waals surface area (Å²) in [4.78, 5) is 17.5. The van der Waals surface area contributed by atoms with Crippen molar-refractivity contribution in [1.29, 1.82) is 0 Å². The molecule has 0 spiro atoms. The average molecular weight is 377 g/mol. The SMILES string of the molecule is Cc1ccc(-c2cc(C(=O)NCc3ccc(Cl)cc3)c3ccccc3n2)o1. The number of carbonyl (C=O) groups excluding carboxylic acids is 1. The third-order valence-electron chi connectivity index (χ3n) is 4.32. The number of furan rings is 1. The Balaban J connectivity index is 1.68. The molecule has 4 aromatic rings. The highest BCUT2D eigenvalue weighted by Gasteiger charge is 2.15. The summed E-state index contributed by atoms with van der Waals surface area (Å²) in [7, 11) is 0. The molecular formula is C22H17ClN2O2. The summed E-state index contributed by atoms with van der Waals surface area (Å²) in [6, 6.07) is 20.5. The molecule has 27 heavy (non-hydrogen) atoms. The molecule has 0 aliphatic heterocycles. The maximum absolute atomic E-state index is 12.9. The highest BCUT2D eigenvalue weighted by Crippen LogP contribution is 2.26. The minimum atomic E-state index is -0.159. The van der Waals surface area contributed by atoms with Crippen molar-refractivity contribution < 1.29 is 9.21 Å². The molecule has 0 aliphatic carbocycles. The number of pyridine rings is 1. The van der Waals surface area contributed by atoms with E-state index in [2.05, 4.69) is 10.3 Å². The Morgan fingerprint density at radius 3 is 2.59 bits per heavy atom. The standard InChI is InChI=1S/C22H17ClN2O2/c1-14-6-11-21(27-14)20-12-18(17-4-2-3-5-19(17)25-20)22(26)24-13-15-7-9-16(23)10-8-15/h2-12H,13H2,1H3,(H,24,26). The van der Waals surface area contributed by atoms with Crippen LogP contribution >= 0.6 is 11.6 Å². The van der Waals surface area contributed by atoms with Gasteiger partial charge < -0.3 is 9.73 Å². The number of aryl methyl sites for hydroxylation is 1. The third kappa shape index (κ3) is 3.71. The number of amides is 1. The fourth-order valence-electron chi connectivity index (χ4n) is 2.94. The summed E-state index contributed by atoms with van der Waals surface area (Å²) in [5.41, 5.74) is 2.94. The molecule has 0 saturated heterocycles. The molecular weight excluding hydrogens is 360 g/mol. The van der Waals surface area contributed by atoms with E-state index in [1.807, 2.05) is 67.6 Å². The van der Waals surface area contributed by atoms with E-state index in [0.29, 0.717) is 28.6 Å². The van der Waals surface area contributed by atoms with Gasteiger partial charge in [0.2, 0.25) is 0 Å². The molecule has 0 unspecified atom stereocenters. The van der Waals surface area contributed by atoms with Crippen LogP contribution in [0.3, 0.4) is 0 Å². The van der Waals surface area contributed by atoms with E-state index in [1.165, 1.54) is 0 Å². The maximum Gasteiger partial charge on any atom is 0.252 e. The van der Waals surface area contributed by atoms with Gasteiger partial charge >= 0.3 is 0 Å². The molecule has 2 aromatic heterocycles. The normalized spacial score (nSPS) is 10.9. The first-order chi connectivity index (χ1) is 13.1. The lowest BCUT2D eigenvalue weighted by Crippen LogP contribution is -2.23. The second kappa shape index (κ2) is 7.25. The minimum absolute atomic E-state index is 0.159. The summed E-state index contributed by atoms with van der Waals surface area (Å²) in [6.45, 7) is 2.30. The number of carbonyl (C=O) groups is 1. The van der Waals surface area contributed by atoms with Gasteiger partial charge in [-0.05, 0) is 48.9 Å². The van der Waals surface area contributed by atoms with Crippen LogP contribution in [0.25, 0.3) is 22.4 Å². The summed E-state index contributed by atoms with van der Waals surface area (Å²) in [6.07, 6.45) is 0. The van der Waals surface area contributed by atoms with Crippen LogP contribution in [0.15, 0.2) is 71.1 Å². The molecule has 1 amide bonds. The fourth-order valence-corrected chi connectivity index (χ4v) is 3.07. The second-order valence-electron chi connectivity index (χ2n) is 6.29. The molecule has 4 rings (SSSR count). The zero-order valence-electron chi connectivity index (χ0n) is 14.7. The molecule has 0 fully saturated rings. The molecule has 134 valence electrons. The fraction of sp³-hybridized carbons (Fsp3) is 0.0909. The van der Waals surface area contributed by atoms with Gasteiger partial charge in [-0.25, -0.2) is 4.98 Å². The Bertz CT molecular complexity index is 1120. The Hall–Kier alpha value is -3.11. The molecule has 0 saturated carbocycles. The van der Waals surface area contributed by atoms with Crippen LogP contribution in [-0.4, -0.2) is 10.9 Å². The Morgan fingerprint density at radius 2 is 1.85 bits per heavy atom. The zero-order chi connectivity index (χ0) is 18.8. The molecule has 0 radical (unpaired) electrons. The first-order valence-electron chi connectivity index (χ1n) is 8.59. The van der Waals surface area contributed by atoms with Crippen LogP contribution in [0.4, 0.5) is 0 Å². The highest BCUT2D eigenvalue weighted by molar-refractivity contribution is 6.30. The first-order valence-corrected chi connectivity index (χ1v) is 8.97. The Kier molecular flexibility index (Phi) is 4.65. The van der Waals surface area contributed by atoms with Gasteiger partial charge in [0, 0.05) is 17.0 Å². The Labute approximate surface area is 161 Å². The lowest BCUT2D eigenvalue weighted by Gasteiger charge is -2.10. The molecule has 0 aliphatic rings. The van der Waals surface area contributed by atoms with E-state index >= 15 is 0 Å². The quantitative estimate of drug-likeness (QED) is 0.519. The van der Waals surface area contributed by atoms with Crippen LogP contribution in [0.5, 0.6) is 0 Å². The van der Waals surface area contributed by atoms with E-state index in [-0.39, 0.29) is 5.91 Å². The van der Waals surface area contributed by atoms with Gasteiger partial charge in [0.15, 0.2) is 5.76 Å². The van der Waals surface area contributed by atoms with Crippen LogP contribution in [0.1, 0.15) is 21.7 Å². The lowest BCUT2D eigenvalue weighted by molar-refractivity contribution is 0.0952. The van der Waals surface area contributed by atoms with Crippen LogP contribution in [0.2, 0.25) is 5.02 Å². The first kappa shape index (κ1) is 17.3. The predicted molar refractivity (Wildman–Crippen MR) is 107 cm³/mol. The van der Waals surface area contributed by atoms with Crippen LogP contribution in [0, 0.1) is 6.92 Å². The van der Waals surface area contributed by atoms with Crippen molar-refractivity contribution in [3.8, 4) is 11.5 Å². The van der Waals surface area contributed by atoms with Crippen molar-refractivity contribution in [3.05, 3.63) is 88.6 Å². The number of hydrogen-bond donors (Lipinski definition) is 1. The van der Waals surface area contributed by atoms with Crippen molar-refractivity contribution in [2.24, 2.45) is 0 Å². The predicted octanol–water partition coefficient (Wildman–Crippen LogP) is 5.39. The van der Waals surface area contributed by atoms with Gasteiger partial charge in [0.05, 0.1) is 11.1 Å². The summed E-state index contributed by atoms with van der Waals surface area (Å²) in [5, 5.41) is 4.44. The maximum atomic E-state index is 12.9. The summed E-state index contributed by atoms with van der Waals surface area (Å²) < 4.78 is 5.69. The van der Waals surface area contributed by atoms with E-state index in [9.17, 15) is 4.79 Å². The lowest BCUT2D eigenvalue weighted by atomic mass is 10.1. The molecule has 2 heterocycles. The number of hydrogen-bond acceptors (Lipinski definition) is 3. The van der Waals surface area contributed by atoms with Crippen molar-refractivity contribution >= 4 is 28.4 Å². The second-order valence-corrected chi connectivity index (χ2v) is 6.73. The van der Waals surface area contributed by atoms with Crippen LogP contribution < -0.4 is 5.32 Å². The summed E-state index contributed by atoms with van der Waals surface area (Å²) in [5.74, 6) is 1.28. The molecule has 1 N–H and O–H groups in total. The smallest absolute Gasteiger partial charge is 0.252 e. The monoisotopic (exact) mass is 376 g/mol. The van der Waals surface area contributed by atoms with Crippen molar-refractivity contribution in [2.75, 3.05) is 0 Å². The van der Waals surface area contributed by atoms with Gasteiger partial charge in [-0.2, -0.15) is 0 Å². The van der Waals surface area contributed by atoms with E-state index < -0.39 is 0 Å². The number of fused-ring (bicyclic) bond motifs is 1. The largest absolute Gasteiger partial charge is 0.460 e. The summed E-state index contributed by atoms with van der Waals surface area (Å²) >= 11 is 5.91. The average Bonchev–Trinajstić information content (AvgIpc) is 3.13. The Morgan fingerprint density at radius 1 is 1.07 bits per heavy atom. The molecule has 5 heteroatoms. The zero-order valence-corrected chi connectivity index (χ0v) is 15.5. The minimum Gasteiger partial charge on any atom is -0.460 e. The number of nitrogens with zero attached hydrogens (tertiary/aromatic N) is 1. The molecule has 4 nitrogen and oxygen atoms in total. The molecule has 0 bridgehead atoms. The van der Waals surface area contributed by atoms with Crippen molar-refractivity contribution in [3.63, 3.8) is 0 Å².